The van der Waals surface area contributed by atoms with Crippen molar-refractivity contribution < 1.29 is 9.59 Å². The van der Waals surface area contributed by atoms with Crippen LogP contribution in [0.25, 0.3) is 11.3 Å². The molecule has 0 radical (unpaired) electrons. The van der Waals surface area contributed by atoms with Crippen molar-refractivity contribution in [3.8, 4) is 11.3 Å². The lowest BCUT2D eigenvalue weighted by molar-refractivity contribution is -0.121. The maximum atomic E-state index is 12.3. The first-order valence-electron chi connectivity index (χ1n) is 7.90. The number of carbonyl (C=O) groups is 2. The fourth-order valence-corrected chi connectivity index (χ4v) is 3.56. The van der Waals surface area contributed by atoms with Crippen molar-refractivity contribution in [3.63, 3.8) is 0 Å². The molecule has 1 aromatic heterocycles. The highest BCUT2D eigenvalue weighted by Crippen LogP contribution is 2.30. The van der Waals surface area contributed by atoms with E-state index in [0.29, 0.717) is 5.13 Å². The quantitative estimate of drug-likeness (QED) is 0.794. The van der Waals surface area contributed by atoms with E-state index in [1.807, 2.05) is 29.6 Å². The molecule has 1 aromatic carbocycles. The van der Waals surface area contributed by atoms with Crippen LogP contribution >= 0.6 is 11.3 Å². The lowest BCUT2D eigenvalue weighted by atomic mass is 9.98. The average Bonchev–Trinajstić information content (AvgIpc) is 3.18. The number of amides is 2. The zero-order valence-electron chi connectivity index (χ0n) is 13.5. The SMILES string of the molecule is CC(=O)Nc1ccc(-c2csc(NC(=O)C3(N)CCCC3)n2)cc1. The van der Waals surface area contributed by atoms with Crippen LogP contribution in [0.5, 0.6) is 0 Å². The Bertz CT molecular complexity index is 748. The molecule has 4 N–H and O–H groups in total. The van der Waals surface area contributed by atoms with E-state index in [1.54, 1.807) is 0 Å². The molecule has 24 heavy (non-hydrogen) atoms. The Morgan fingerprint density at radius 2 is 1.83 bits per heavy atom. The van der Waals surface area contributed by atoms with Gasteiger partial charge in [0.25, 0.3) is 0 Å². The molecular formula is C17H20N4O2S. The van der Waals surface area contributed by atoms with Gasteiger partial charge < -0.3 is 16.4 Å². The highest BCUT2D eigenvalue weighted by molar-refractivity contribution is 7.14. The molecule has 6 nitrogen and oxygen atoms in total. The van der Waals surface area contributed by atoms with Crippen molar-refractivity contribution in [1.29, 1.82) is 0 Å². The summed E-state index contributed by atoms with van der Waals surface area (Å²) >= 11 is 1.38. The second-order valence-corrected chi connectivity index (χ2v) is 6.97. The van der Waals surface area contributed by atoms with E-state index in [4.69, 9.17) is 5.73 Å². The number of hydrogen-bond donors (Lipinski definition) is 3. The molecule has 1 aliphatic rings. The molecule has 1 heterocycles. The van der Waals surface area contributed by atoms with E-state index in [2.05, 4.69) is 15.6 Å². The third-order valence-electron chi connectivity index (χ3n) is 4.17. The van der Waals surface area contributed by atoms with Crippen molar-refractivity contribution >= 4 is 34.0 Å². The van der Waals surface area contributed by atoms with Gasteiger partial charge in [-0.3, -0.25) is 9.59 Å². The number of hydrogen-bond acceptors (Lipinski definition) is 5. The van der Waals surface area contributed by atoms with Gasteiger partial charge in [0.05, 0.1) is 11.2 Å². The molecule has 2 amide bonds. The number of carbonyl (C=O) groups excluding carboxylic acids is 2. The molecule has 0 bridgehead atoms. The van der Waals surface area contributed by atoms with Gasteiger partial charge in [0.15, 0.2) is 5.13 Å². The molecular weight excluding hydrogens is 324 g/mol. The van der Waals surface area contributed by atoms with E-state index in [-0.39, 0.29) is 11.8 Å². The van der Waals surface area contributed by atoms with Gasteiger partial charge in [0.1, 0.15) is 0 Å². The van der Waals surface area contributed by atoms with E-state index in [0.717, 1.165) is 42.6 Å². The second-order valence-electron chi connectivity index (χ2n) is 6.11. The van der Waals surface area contributed by atoms with Gasteiger partial charge in [0.2, 0.25) is 11.8 Å². The molecule has 1 aliphatic carbocycles. The Balaban J connectivity index is 1.69. The molecule has 2 aromatic rings. The van der Waals surface area contributed by atoms with Gasteiger partial charge in [-0.05, 0) is 25.0 Å². The lowest BCUT2D eigenvalue weighted by Gasteiger charge is -2.21. The van der Waals surface area contributed by atoms with Crippen molar-refractivity contribution in [2.75, 3.05) is 10.6 Å². The molecule has 3 rings (SSSR count). The van der Waals surface area contributed by atoms with Crippen LogP contribution in [0.3, 0.4) is 0 Å². The summed E-state index contributed by atoms with van der Waals surface area (Å²) < 4.78 is 0. The first-order valence-corrected chi connectivity index (χ1v) is 8.78. The van der Waals surface area contributed by atoms with Crippen LogP contribution in [0.1, 0.15) is 32.6 Å². The van der Waals surface area contributed by atoms with Crippen LogP contribution in [0.4, 0.5) is 10.8 Å². The van der Waals surface area contributed by atoms with Crippen LogP contribution in [-0.2, 0) is 9.59 Å². The smallest absolute Gasteiger partial charge is 0.246 e. The Hall–Kier alpha value is -2.25. The molecule has 126 valence electrons. The summed E-state index contributed by atoms with van der Waals surface area (Å²) in [5, 5.41) is 8.00. The van der Waals surface area contributed by atoms with Gasteiger partial charge >= 0.3 is 0 Å². The molecule has 1 fully saturated rings. The Morgan fingerprint density at radius 1 is 1.17 bits per heavy atom. The van der Waals surface area contributed by atoms with Crippen LogP contribution < -0.4 is 16.4 Å². The number of benzene rings is 1. The molecule has 7 heteroatoms. The number of thiazole rings is 1. The Labute approximate surface area is 144 Å². The van der Waals surface area contributed by atoms with E-state index < -0.39 is 5.54 Å². The third-order valence-corrected chi connectivity index (χ3v) is 4.93. The number of nitrogens with two attached hydrogens (primary N) is 1. The number of nitrogens with zero attached hydrogens (tertiary/aromatic N) is 1. The minimum absolute atomic E-state index is 0.107. The average molecular weight is 344 g/mol. The van der Waals surface area contributed by atoms with Crippen LogP contribution in [-0.4, -0.2) is 22.3 Å². The van der Waals surface area contributed by atoms with Gasteiger partial charge in [0, 0.05) is 23.6 Å². The monoisotopic (exact) mass is 344 g/mol. The highest BCUT2D eigenvalue weighted by atomic mass is 32.1. The summed E-state index contributed by atoms with van der Waals surface area (Å²) in [4.78, 5) is 27.8. The molecule has 0 saturated heterocycles. The topological polar surface area (TPSA) is 97.1 Å². The zero-order chi connectivity index (χ0) is 17.2. The van der Waals surface area contributed by atoms with Gasteiger partial charge in [-0.15, -0.1) is 11.3 Å². The second kappa shape index (κ2) is 6.70. The van der Waals surface area contributed by atoms with Gasteiger partial charge in [-0.1, -0.05) is 25.0 Å². The summed E-state index contributed by atoms with van der Waals surface area (Å²) in [6, 6.07) is 7.41. The largest absolute Gasteiger partial charge is 0.326 e. The zero-order valence-corrected chi connectivity index (χ0v) is 14.3. The lowest BCUT2D eigenvalue weighted by Crippen LogP contribution is -2.48. The van der Waals surface area contributed by atoms with Crippen molar-refractivity contribution in [1.82, 2.24) is 4.98 Å². The third kappa shape index (κ3) is 3.63. The number of aromatic nitrogens is 1. The maximum absolute atomic E-state index is 12.3. The van der Waals surface area contributed by atoms with Crippen LogP contribution in [0.2, 0.25) is 0 Å². The van der Waals surface area contributed by atoms with Gasteiger partial charge in [-0.2, -0.15) is 0 Å². The molecule has 0 atom stereocenters. The summed E-state index contributed by atoms with van der Waals surface area (Å²) in [7, 11) is 0. The number of rotatable bonds is 4. The predicted octanol–water partition coefficient (Wildman–Crippen LogP) is 2.98. The summed E-state index contributed by atoms with van der Waals surface area (Å²) in [5.74, 6) is -0.258. The molecule has 1 saturated carbocycles. The number of nitrogens with one attached hydrogen (secondary N) is 2. The predicted molar refractivity (Wildman–Crippen MR) is 95.9 cm³/mol. The van der Waals surface area contributed by atoms with E-state index in [9.17, 15) is 9.59 Å². The summed E-state index contributed by atoms with van der Waals surface area (Å²) in [6.45, 7) is 1.47. The van der Waals surface area contributed by atoms with Crippen molar-refractivity contribution in [2.24, 2.45) is 5.73 Å². The van der Waals surface area contributed by atoms with Crippen molar-refractivity contribution in [2.45, 2.75) is 38.1 Å². The van der Waals surface area contributed by atoms with Crippen LogP contribution in [0.15, 0.2) is 29.6 Å². The molecule has 0 spiro atoms. The Morgan fingerprint density at radius 3 is 2.46 bits per heavy atom. The van der Waals surface area contributed by atoms with Crippen molar-refractivity contribution in [3.05, 3.63) is 29.6 Å². The minimum atomic E-state index is -0.758. The first-order chi connectivity index (χ1) is 11.5. The van der Waals surface area contributed by atoms with Crippen LogP contribution in [0, 0.1) is 0 Å². The summed E-state index contributed by atoms with van der Waals surface area (Å²) in [6.07, 6.45) is 3.44. The van der Waals surface area contributed by atoms with Gasteiger partial charge in [-0.25, -0.2) is 4.98 Å². The standard InChI is InChI=1S/C17H20N4O2S/c1-11(22)19-13-6-4-12(5-7-13)14-10-24-16(20-14)21-15(23)17(18)8-2-3-9-17/h4-7,10H,2-3,8-9,18H2,1H3,(H,19,22)(H,20,21,23). The highest BCUT2D eigenvalue weighted by Gasteiger charge is 2.37. The maximum Gasteiger partial charge on any atom is 0.246 e. The fourth-order valence-electron chi connectivity index (χ4n) is 2.85. The van der Waals surface area contributed by atoms with E-state index >= 15 is 0 Å². The fraction of sp³-hybridized carbons (Fsp3) is 0.353. The molecule has 0 aliphatic heterocycles. The van der Waals surface area contributed by atoms with E-state index in [1.165, 1.54) is 18.3 Å². The summed E-state index contributed by atoms with van der Waals surface area (Å²) in [5.41, 5.74) is 7.83. The number of anilines is 2. The minimum Gasteiger partial charge on any atom is -0.326 e. The first kappa shape index (κ1) is 16.6. The Kier molecular flexibility index (Phi) is 4.64. The molecule has 0 unspecified atom stereocenters. The normalized spacial score (nSPS) is 15.9.